The molecule has 1 aliphatic heterocycles. The van der Waals surface area contributed by atoms with Gasteiger partial charge in [-0.2, -0.15) is 11.8 Å². The molecule has 1 aliphatic rings. The fourth-order valence-electron chi connectivity index (χ4n) is 2.47. The number of carbonyl (C=O) groups excluding carboxylic acids is 1. The van der Waals surface area contributed by atoms with Gasteiger partial charge in [0.25, 0.3) is 0 Å². The number of halogens is 1. The minimum absolute atomic E-state index is 0.114. The minimum Gasteiger partial charge on any atom is -0.301 e. The summed E-state index contributed by atoms with van der Waals surface area (Å²) >= 11 is 2.06. The molecule has 1 aromatic rings. The molecule has 0 amide bonds. The number of hydrogen-bond acceptors (Lipinski definition) is 3. The van der Waals surface area contributed by atoms with Crippen LogP contribution < -0.4 is 0 Å². The van der Waals surface area contributed by atoms with E-state index in [-0.39, 0.29) is 11.6 Å². The van der Waals surface area contributed by atoms with Crippen LogP contribution in [0.1, 0.15) is 36.5 Å². The van der Waals surface area contributed by atoms with Gasteiger partial charge in [0.2, 0.25) is 0 Å². The largest absolute Gasteiger partial charge is 0.301 e. The van der Waals surface area contributed by atoms with Crippen LogP contribution in [0.2, 0.25) is 0 Å². The Morgan fingerprint density at radius 3 is 2.85 bits per heavy atom. The Labute approximate surface area is 124 Å². The Balaban J connectivity index is 1.72. The number of nitrogens with zero attached hydrogens (tertiary/aromatic N) is 1. The highest BCUT2D eigenvalue weighted by atomic mass is 32.2. The normalized spacial score (nSPS) is 20.0. The van der Waals surface area contributed by atoms with Crippen LogP contribution in [-0.4, -0.2) is 41.3 Å². The summed E-state index contributed by atoms with van der Waals surface area (Å²) in [6, 6.07) is 5.84. The molecule has 0 spiro atoms. The summed E-state index contributed by atoms with van der Waals surface area (Å²) < 4.78 is 12.8. The highest BCUT2D eigenvalue weighted by Crippen LogP contribution is 2.21. The molecule has 20 heavy (non-hydrogen) atoms. The molecule has 1 atom stereocenters. The number of carbonyl (C=O) groups is 1. The van der Waals surface area contributed by atoms with Gasteiger partial charge in [0, 0.05) is 36.1 Å². The Morgan fingerprint density at radius 2 is 2.15 bits per heavy atom. The van der Waals surface area contributed by atoms with Crippen LogP contribution in [0.3, 0.4) is 0 Å². The second-order valence-electron chi connectivity index (χ2n) is 5.24. The SMILES string of the molecule is CCC1CN(CCCC(=O)c2ccc(F)cc2)CCS1. The number of rotatable bonds is 6. The molecule has 0 saturated carbocycles. The molecular weight excluding hydrogens is 273 g/mol. The van der Waals surface area contributed by atoms with Crippen molar-refractivity contribution < 1.29 is 9.18 Å². The molecule has 4 heteroatoms. The summed E-state index contributed by atoms with van der Waals surface area (Å²) in [5.41, 5.74) is 0.618. The van der Waals surface area contributed by atoms with E-state index in [2.05, 4.69) is 23.6 Å². The van der Waals surface area contributed by atoms with E-state index in [0.29, 0.717) is 12.0 Å². The maximum atomic E-state index is 12.8. The number of Topliss-reactive ketones (excluding diaryl/α,β-unsaturated/α-hetero) is 1. The highest BCUT2D eigenvalue weighted by Gasteiger charge is 2.18. The van der Waals surface area contributed by atoms with Crippen molar-refractivity contribution in [2.75, 3.05) is 25.4 Å². The summed E-state index contributed by atoms with van der Waals surface area (Å²) in [4.78, 5) is 14.4. The van der Waals surface area contributed by atoms with Crippen LogP contribution in [0, 0.1) is 5.82 Å². The Kier molecular flexibility index (Phi) is 6.05. The number of ketones is 1. The van der Waals surface area contributed by atoms with E-state index < -0.39 is 0 Å². The molecule has 0 radical (unpaired) electrons. The van der Waals surface area contributed by atoms with Gasteiger partial charge in [-0.05, 0) is 43.7 Å². The van der Waals surface area contributed by atoms with Gasteiger partial charge in [-0.1, -0.05) is 6.92 Å². The lowest BCUT2D eigenvalue weighted by Crippen LogP contribution is -2.38. The molecule has 0 bridgehead atoms. The molecular formula is C16H22FNOS. The minimum atomic E-state index is -0.294. The van der Waals surface area contributed by atoms with E-state index in [0.717, 1.165) is 31.3 Å². The van der Waals surface area contributed by atoms with Crippen molar-refractivity contribution in [1.29, 1.82) is 0 Å². The van der Waals surface area contributed by atoms with Gasteiger partial charge >= 0.3 is 0 Å². The average Bonchev–Trinajstić information content (AvgIpc) is 2.48. The smallest absolute Gasteiger partial charge is 0.162 e. The van der Waals surface area contributed by atoms with Gasteiger partial charge in [-0.25, -0.2) is 4.39 Å². The van der Waals surface area contributed by atoms with E-state index >= 15 is 0 Å². The standard InChI is InChI=1S/C16H22FNOS/c1-2-15-12-18(10-11-20-15)9-3-4-16(19)13-5-7-14(17)8-6-13/h5-8,15H,2-4,9-12H2,1H3. The predicted molar refractivity (Wildman–Crippen MR) is 82.9 cm³/mol. The van der Waals surface area contributed by atoms with Crippen LogP contribution in [-0.2, 0) is 0 Å². The zero-order chi connectivity index (χ0) is 14.4. The molecule has 2 nitrogen and oxygen atoms in total. The first-order valence-electron chi connectivity index (χ1n) is 7.31. The fourth-order valence-corrected chi connectivity index (χ4v) is 3.72. The van der Waals surface area contributed by atoms with Crippen LogP contribution >= 0.6 is 11.8 Å². The first kappa shape index (κ1) is 15.5. The van der Waals surface area contributed by atoms with Gasteiger partial charge in [-0.3, -0.25) is 4.79 Å². The third kappa shape index (κ3) is 4.60. The summed E-state index contributed by atoms with van der Waals surface area (Å²) in [5, 5.41) is 0.747. The molecule has 0 aromatic heterocycles. The predicted octanol–water partition coefficient (Wildman–Crippen LogP) is 3.62. The van der Waals surface area contributed by atoms with E-state index in [9.17, 15) is 9.18 Å². The first-order chi connectivity index (χ1) is 9.69. The third-order valence-corrected chi connectivity index (χ3v) is 5.09. The van der Waals surface area contributed by atoms with Crippen LogP contribution in [0.4, 0.5) is 4.39 Å². The van der Waals surface area contributed by atoms with Crippen molar-refractivity contribution >= 4 is 17.5 Å². The van der Waals surface area contributed by atoms with Crippen LogP contribution in [0.15, 0.2) is 24.3 Å². The number of benzene rings is 1. The average molecular weight is 295 g/mol. The van der Waals surface area contributed by atoms with E-state index in [1.54, 1.807) is 12.1 Å². The molecule has 0 aliphatic carbocycles. The topological polar surface area (TPSA) is 20.3 Å². The van der Waals surface area contributed by atoms with Gasteiger partial charge < -0.3 is 4.90 Å². The zero-order valence-corrected chi connectivity index (χ0v) is 12.8. The second-order valence-corrected chi connectivity index (χ2v) is 6.64. The van der Waals surface area contributed by atoms with E-state index in [1.807, 2.05) is 0 Å². The van der Waals surface area contributed by atoms with Gasteiger partial charge in [0.05, 0.1) is 0 Å². The molecule has 1 unspecified atom stereocenters. The molecule has 1 aromatic carbocycles. The lowest BCUT2D eigenvalue weighted by atomic mass is 10.1. The van der Waals surface area contributed by atoms with Crippen molar-refractivity contribution in [2.45, 2.75) is 31.4 Å². The zero-order valence-electron chi connectivity index (χ0n) is 12.0. The highest BCUT2D eigenvalue weighted by molar-refractivity contribution is 8.00. The van der Waals surface area contributed by atoms with Crippen molar-refractivity contribution in [1.82, 2.24) is 4.90 Å². The second kappa shape index (κ2) is 7.79. The first-order valence-corrected chi connectivity index (χ1v) is 8.36. The Morgan fingerprint density at radius 1 is 1.40 bits per heavy atom. The maximum absolute atomic E-state index is 12.8. The van der Waals surface area contributed by atoms with Crippen molar-refractivity contribution in [3.8, 4) is 0 Å². The Hall–Kier alpha value is -0.870. The molecule has 1 fully saturated rings. The van der Waals surface area contributed by atoms with Crippen molar-refractivity contribution in [2.24, 2.45) is 0 Å². The fraction of sp³-hybridized carbons (Fsp3) is 0.562. The molecule has 0 N–H and O–H groups in total. The van der Waals surface area contributed by atoms with Crippen molar-refractivity contribution in [3.63, 3.8) is 0 Å². The number of hydrogen-bond donors (Lipinski definition) is 0. The van der Waals surface area contributed by atoms with E-state index in [4.69, 9.17) is 0 Å². The molecule has 110 valence electrons. The lowest BCUT2D eigenvalue weighted by molar-refractivity contribution is 0.0975. The third-order valence-electron chi connectivity index (χ3n) is 3.72. The Bertz CT molecular complexity index is 435. The van der Waals surface area contributed by atoms with Crippen LogP contribution in [0.25, 0.3) is 0 Å². The van der Waals surface area contributed by atoms with Gasteiger partial charge in [0.1, 0.15) is 5.82 Å². The number of thioether (sulfide) groups is 1. The summed E-state index contributed by atoms with van der Waals surface area (Å²) in [6.07, 6.45) is 2.65. The molecule has 2 rings (SSSR count). The van der Waals surface area contributed by atoms with Gasteiger partial charge in [0.15, 0.2) is 5.78 Å². The lowest BCUT2D eigenvalue weighted by Gasteiger charge is -2.31. The summed E-state index contributed by atoms with van der Waals surface area (Å²) in [6.45, 7) is 5.50. The van der Waals surface area contributed by atoms with Crippen LogP contribution in [0.5, 0.6) is 0 Å². The summed E-state index contributed by atoms with van der Waals surface area (Å²) in [7, 11) is 0. The molecule has 1 heterocycles. The quantitative estimate of drug-likeness (QED) is 0.748. The van der Waals surface area contributed by atoms with E-state index in [1.165, 1.54) is 24.3 Å². The summed E-state index contributed by atoms with van der Waals surface area (Å²) in [5.74, 6) is 1.02. The van der Waals surface area contributed by atoms with Gasteiger partial charge in [-0.15, -0.1) is 0 Å². The molecule has 1 saturated heterocycles. The van der Waals surface area contributed by atoms with Crippen molar-refractivity contribution in [3.05, 3.63) is 35.6 Å². The maximum Gasteiger partial charge on any atom is 0.162 e. The monoisotopic (exact) mass is 295 g/mol.